The molecule has 1 spiro atoms. The van der Waals surface area contributed by atoms with Gasteiger partial charge in [-0.3, -0.25) is 0 Å². The van der Waals surface area contributed by atoms with Crippen LogP contribution >= 0.6 is 23.5 Å². The predicted molar refractivity (Wildman–Crippen MR) is 70.5 cm³/mol. The van der Waals surface area contributed by atoms with E-state index in [0.717, 1.165) is 0 Å². The van der Waals surface area contributed by atoms with Crippen LogP contribution in [0, 0.1) is 5.92 Å². The fraction of sp³-hybridized carbons (Fsp3) is 1.00. The van der Waals surface area contributed by atoms with Gasteiger partial charge < -0.3 is 5.11 Å². The van der Waals surface area contributed by atoms with E-state index in [9.17, 15) is 5.11 Å². The zero-order chi connectivity index (χ0) is 10.9. The summed E-state index contributed by atoms with van der Waals surface area (Å²) in [5, 5.41) is 10.0. The van der Waals surface area contributed by atoms with Crippen molar-refractivity contribution in [3.63, 3.8) is 0 Å². The van der Waals surface area contributed by atoms with Crippen molar-refractivity contribution in [1.29, 1.82) is 0 Å². The van der Waals surface area contributed by atoms with Gasteiger partial charge in [0.2, 0.25) is 0 Å². The summed E-state index contributed by atoms with van der Waals surface area (Å²) in [6.07, 6.45) is 6.41. The quantitative estimate of drug-likeness (QED) is 0.764. The molecule has 1 aliphatic heterocycles. The van der Waals surface area contributed by atoms with Gasteiger partial charge in [0.1, 0.15) is 0 Å². The molecule has 1 nitrogen and oxygen atoms in total. The van der Waals surface area contributed by atoms with Gasteiger partial charge in [0.25, 0.3) is 0 Å². The van der Waals surface area contributed by atoms with E-state index in [0.29, 0.717) is 10.00 Å². The highest BCUT2D eigenvalue weighted by Gasteiger charge is 2.41. The Balaban J connectivity index is 1.91. The zero-order valence-electron chi connectivity index (χ0n) is 9.79. The van der Waals surface area contributed by atoms with Gasteiger partial charge in [0, 0.05) is 0 Å². The Kier molecular flexibility index (Phi) is 3.64. The maximum Gasteiger partial charge on any atom is 0.0619 e. The van der Waals surface area contributed by atoms with Crippen LogP contribution < -0.4 is 0 Å². The number of rotatable bonds is 1. The summed E-state index contributed by atoms with van der Waals surface area (Å²) in [5.41, 5.74) is -0.467. The largest absolute Gasteiger partial charge is 0.390 e. The second kappa shape index (κ2) is 4.50. The van der Waals surface area contributed by atoms with Gasteiger partial charge in [-0.25, -0.2) is 0 Å². The molecule has 3 heteroatoms. The molecule has 0 aromatic carbocycles. The number of thioether (sulfide) groups is 2. The van der Waals surface area contributed by atoms with Crippen LogP contribution in [0.3, 0.4) is 0 Å². The molecule has 0 atom stereocenters. The van der Waals surface area contributed by atoms with Crippen LogP contribution in [0.5, 0.6) is 0 Å². The van der Waals surface area contributed by atoms with E-state index < -0.39 is 5.60 Å². The summed E-state index contributed by atoms with van der Waals surface area (Å²) < 4.78 is 0.528. The van der Waals surface area contributed by atoms with E-state index in [1.807, 2.05) is 13.8 Å². The highest BCUT2D eigenvalue weighted by molar-refractivity contribution is 8.18. The maximum atomic E-state index is 10.0. The molecule has 0 amide bonds. The van der Waals surface area contributed by atoms with Gasteiger partial charge in [-0.15, -0.1) is 23.5 Å². The fourth-order valence-electron chi connectivity index (χ4n) is 2.67. The third-order valence-corrected chi connectivity index (χ3v) is 7.33. The molecule has 1 N–H and O–H groups in total. The summed E-state index contributed by atoms with van der Waals surface area (Å²) in [7, 11) is 0. The molecule has 1 saturated carbocycles. The summed E-state index contributed by atoms with van der Waals surface area (Å²) >= 11 is 4.36. The predicted octanol–water partition coefficient (Wildman–Crippen LogP) is 3.51. The van der Waals surface area contributed by atoms with Crippen LogP contribution in [0.1, 0.15) is 46.0 Å². The van der Waals surface area contributed by atoms with Gasteiger partial charge in [-0.2, -0.15) is 0 Å². The smallest absolute Gasteiger partial charge is 0.0619 e. The van der Waals surface area contributed by atoms with Gasteiger partial charge in [0.05, 0.1) is 9.68 Å². The molecule has 2 aliphatic rings. The van der Waals surface area contributed by atoms with Gasteiger partial charge in [-0.05, 0) is 63.4 Å². The lowest BCUT2D eigenvalue weighted by Gasteiger charge is -2.44. The average molecular weight is 246 g/mol. The average Bonchev–Trinajstić information content (AvgIpc) is 2.18. The Morgan fingerprint density at radius 1 is 1.13 bits per heavy atom. The normalized spacial score (nSPS) is 28.2. The minimum atomic E-state index is -0.467. The minimum absolute atomic E-state index is 0.467. The molecular formula is C12H22OS2. The second-order valence-corrected chi connectivity index (χ2v) is 8.60. The molecule has 1 aliphatic carbocycles. The summed E-state index contributed by atoms with van der Waals surface area (Å²) in [5.74, 6) is 3.21. The molecule has 0 aromatic heterocycles. The Hall–Kier alpha value is 0.660. The fourth-order valence-corrected chi connectivity index (χ4v) is 6.06. The second-order valence-electron chi connectivity index (χ2n) is 5.39. The van der Waals surface area contributed by atoms with Gasteiger partial charge in [-0.1, -0.05) is 0 Å². The van der Waals surface area contributed by atoms with Crippen molar-refractivity contribution in [2.24, 2.45) is 5.92 Å². The van der Waals surface area contributed by atoms with E-state index in [1.165, 1.54) is 43.6 Å². The van der Waals surface area contributed by atoms with Crippen molar-refractivity contribution >= 4 is 23.5 Å². The molecular weight excluding hydrogens is 224 g/mol. The van der Waals surface area contributed by atoms with E-state index in [2.05, 4.69) is 23.5 Å². The van der Waals surface area contributed by atoms with Crippen molar-refractivity contribution in [2.45, 2.75) is 55.6 Å². The molecule has 0 unspecified atom stereocenters. The summed E-state index contributed by atoms with van der Waals surface area (Å²) in [4.78, 5) is 0. The first kappa shape index (κ1) is 12.1. The Morgan fingerprint density at radius 3 is 2.13 bits per heavy atom. The lowest BCUT2D eigenvalue weighted by molar-refractivity contribution is 0.000393. The van der Waals surface area contributed by atoms with Gasteiger partial charge >= 0.3 is 0 Å². The molecule has 1 saturated heterocycles. The van der Waals surface area contributed by atoms with E-state index in [-0.39, 0.29) is 0 Å². The van der Waals surface area contributed by atoms with Crippen LogP contribution in [0.15, 0.2) is 0 Å². The van der Waals surface area contributed by atoms with Gasteiger partial charge in [0.15, 0.2) is 0 Å². The first-order valence-electron chi connectivity index (χ1n) is 6.02. The molecule has 0 bridgehead atoms. The van der Waals surface area contributed by atoms with Crippen molar-refractivity contribution in [2.75, 3.05) is 11.5 Å². The number of hydrogen-bond donors (Lipinski definition) is 1. The molecule has 2 fully saturated rings. The summed E-state index contributed by atoms with van der Waals surface area (Å²) in [6, 6.07) is 0. The third kappa shape index (κ3) is 2.86. The molecule has 15 heavy (non-hydrogen) atoms. The highest BCUT2D eigenvalue weighted by atomic mass is 32.2. The van der Waals surface area contributed by atoms with Crippen molar-refractivity contribution in [3.05, 3.63) is 0 Å². The topological polar surface area (TPSA) is 20.2 Å². The van der Waals surface area contributed by atoms with Crippen LogP contribution in [0.4, 0.5) is 0 Å². The number of hydrogen-bond acceptors (Lipinski definition) is 3. The first-order chi connectivity index (χ1) is 7.02. The zero-order valence-corrected chi connectivity index (χ0v) is 11.4. The first-order valence-corrected chi connectivity index (χ1v) is 7.99. The molecule has 2 rings (SSSR count). The van der Waals surface area contributed by atoms with E-state index in [4.69, 9.17) is 0 Å². The lowest BCUT2D eigenvalue weighted by Crippen LogP contribution is -2.39. The lowest BCUT2D eigenvalue weighted by atomic mass is 9.78. The van der Waals surface area contributed by atoms with Crippen LogP contribution in [0.2, 0.25) is 0 Å². The van der Waals surface area contributed by atoms with Crippen LogP contribution in [0.25, 0.3) is 0 Å². The van der Waals surface area contributed by atoms with Crippen molar-refractivity contribution in [1.82, 2.24) is 0 Å². The molecule has 0 radical (unpaired) electrons. The van der Waals surface area contributed by atoms with Crippen molar-refractivity contribution < 1.29 is 5.11 Å². The highest BCUT2D eigenvalue weighted by Crippen LogP contribution is 2.53. The standard InChI is InChI=1S/C12H22OS2/c1-11(2,13)10-4-6-12(7-5-10)14-8-3-9-15-12/h10,13H,3-9H2,1-2H3. The van der Waals surface area contributed by atoms with Crippen LogP contribution in [-0.4, -0.2) is 26.3 Å². The third-order valence-electron chi connectivity index (χ3n) is 3.77. The molecule has 1 heterocycles. The number of aliphatic hydroxyl groups is 1. The maximum absolute atomic E-state index is 10.0. The monoisotopic (exact) mass is 246 g/mol. The molecule has 88 valence electrons. The Bertz CT molecular complexity index is 206. The SMILES string of the molecule is CC(C)(O)C1CCC2(CC1)SCCCS2. The van der Waals surface area contributed by atoms with E-state index >= 15 is 0 Å². The molecule has 0 aromatic rings. The summed E-state index contributed by atoms with van der Waals surface area (Å²) in [6.45, 7) is 3.94. The van der Waals surface area contributed by atoms with Crippen molar-refractivity contribution in [3.8, 4) is 0 Å². The Morgan fingerprint density at radius 2 is 1.67 bits per heavy atom. The Labute approximate surface area is 102 Å². The van der Waals surface area contributed by atoms with Crippen LogP contribution in [-0.2, 0) is 0 Å². The minimum Gasteiger partial charge on any atom is -0.390 e. The van der Waals surface area contributed by atoms with E-state index in [1.54, 1.807) is 0 Å².